The highest BCUT2D eigenvalue weighted by atomic mass is 19.1. The van der Waals surface area contributed by atoms with Gasteiger partial charge in [-0.15, -0.1) is 0 Å². The minimum Gasteiger partial charge on any atom is -0.489 e. The van der Waals surface area contributed by atoms with Gasteiger partial charge in [0.25, 0.3) is 0 Å². The lowest BCUT2D eigenvalue weighted by Crippen LogP contribution is -2.04. The van der Waals surface area contributed by atoms with Gasteiger partial charge in [0.15, 0.2) is 0 Å². The molecule has 0 saturated carbocycles. The first-order valence-corrected chi connectivity index (χ1v) is 5.88. The summed E-state index contributed by atoms with van der Waals surface area (Å²) in [6.45, 7) is 1.80. The van der Waals surface area contributed by atoms with Gasteiger partial charge < -0.3 is 9.84 Å². The van der Waals surface area contributed by atoms with Gasteiger partial charge in [0.2, 0.25) is 0 Å². The highest BCUT2D eigenvalue weighted by Crippen LogP contribution is 2.20. The third-order valence-corrected chi connectivity index (χ3v) is 2.81. The van der Waals surface area contributed by atoms with Crippen LogP contribution in [0.1, 0.15) is 21.5 Å². The van der Waals surface area contributed by atoms with Crippen LogP contribution >= 0.6 is 0 Å². The lowest BCUT2D eigenvalue weighted by molar-refractivity contribution is 0.0691. The number of carbonyl (C=O) groups is 1. The monoisotopic (exact) mass is 278 g/mol. The predicted molar refractivity (Wildman–Crippen MR) is 68.8 cm³/mol. The summed E-state index contributed by atoms with van der Waals surface area (Å²) in [6, 6.07) is 7.85. The molecule has 104 valence electrons. The molecule has 0 aromatic heterocycles. The Morgan fingerprint density at radius 3 is 2.65 bits per heavy atom. The number of hydrogen-bond donors (Lipinski definition) is 1. The molecule has 5 heteroatoms. The average molecular weight is 278 g/mol. The molecule has 0 unspecified atom stereocenters. The predicted octanol–water partition coefficient (Wildman–Crippen LogP) is 3.55. The molecule has 0 aliphatic heterocycles. The van der Waals surface area contributed by atoms with Gasteiger partial charge in [0.05, 0.1) is 5.56 Å². The van der Waals surface area contributed by atoms with Gasteiger partial charge >= 0.3 is 5.97 Å². The van der Waals surface area contributed by atoms with E-state index in [1.165, 1.54) is 24.3 Å². The number of halogens is 2. The van der Waals surface area contributed by atoms with Crippen molar-refractivity contribution in [2.24, 2.45) is 0 Å². The fourth-order valence-electron chi connectivity index (χ4n) is 1.72. The topological polar surface area (TPSA) is 46.5 Å². The van der Waals surface area contributed by atoms with E-state index in [-0.39, 0.29) is 6.61 Å². The van der Waals surface area contributed by atoms with E-state index in [1.54, 1.807) is 13.0 Å². The highest BCUT2D eigenvalue weighted by molar-refractivity contribution is 5.88. The summed E-state index contributed by atoms with van der Waals surface area (Å²) in [5.41, 5.74) is 0.835. The zero-order chi connectivity index (χ0) is 14.7. The Bertz CT molecular complexity index is 654. The second-order valence-electron chi connectivity index (χ2n) is 4.32. The minimum absolute atomic E-state index is 0.0326. The van der Waals surface area contributed by atoms with Crippen molar-refractivity contribution in [2.45, 2.75) is 13.5 Å². The largest absolute Gasteiger partial charge is 0.489 e. The maximum Gasteiger partial charge on any atom is 0.338 e. The molecule has 2 rings (SSSR count). The molecule has 0 aliphatic carbocycles. The SMILES string of the molecule is Cc1ccc(F)cc1OCc1ccc(F)c(C(=O)O)c1. The van der Waals surface area contributed by atoms with E-state index in [0.717, 1.165) is 11.6 Å². The van der Waals surface area contributed by atoms with Gasteiger partial charge in [-0.3, -0.25) is 0 Å². The number of carboxylic acids is 1. The molecular formula is C15H12F2O3. The van der Waals surface area contributed by atoms with Crippen LogP contribution in [0, 0.1) is 18.6 Å². The van der Waals surface area contributed by atoms with Crippen molar-refractivity contribution in [1.29, 1.82) is 0 Å². The van der Waals surface area contributed by atoms with Crippen LogP contribution in [0.2, 0.25) is 0 Å². The quantitative estimate of drug-likeness (QED) is 0.930. The number of aromatic carboxylic acids is 1. The molecule has 0 aliphatic rings. The molecule has 0 spiro atoms. The van der Waals surface area contributed by atoms with Crippen molar-refractivity contribution in [2.75, 3.05) is 0 Å². The van der Waals surface area contributed by atoms with Crippen LogP contribution in [-0.4, -0.2) is 11.1 Å². The Balaban J connectivity index is 2.17. The molecule has 1 N–H and O–H groups in total. The molecule has 0 radical (unpaired) electrons. The Morgan fingerprint density at radius 1 is 1.20 bits per heavy atom. The Morgan fingerprint density at radius 2 is 1.95 bits per heavy atom. The molecular weight excluding hydrogens is 266 g/mol. The van der Waals surface area contributed by atoms with Crippen molar-refractivity contribution in [1.82, 2.24) is 0 Å². The molecule has 2 aromatic rings. The van der Waals surface area contributed by atoms with E-state index in [0.29, 0.717) is 11.3 Å². The first kappa shape index (κ1) is 14.0. The zero-order valence-electron chi connectivity index (χ0n) is 10.7. The smallest absolute Gasteiger partial charge is 0.338 e. The third kappa shape index (κ3) is 3.12. The van der Waals surface area contributed by atoms with E-state index in [2.05, 4.69) is 0 Å². The summed E-state index contributed by atoms with van der Waals surface area (Å²) in [5.74, 6) is -2.20. The van der Waals surface area contributed by atoms with Crippen LogP contribution in [0.15, 0.2) is 36.4 Å². The first-order valence-electron chi connectivity index (χ1n) is 5.88. The van der Waals surface area contributed by atoms with Gasteiger partial charge in [0.1, 0.15) is 24.0 Å². The van der Waals surface area contributed by atoms with Crippen LogP contribution < -0.4 is 4.74 Å². The molecule has 0 amide bonds. The summed E-state index contributed by atoms with van der Waals surface area (Å²) in [4.78, 5) is 10.8. The molecule has 0 bridgehead atoms. The van der Waals surface area contributed by atoms with Gasteiger partial charge in [-0.25, -0.2) is 13.6 Å². The van der Waals surface area contributed by atoms with Gasteiger partial charge in [-0.2, -0.15) is 0 Å². The molecule has 20 heavy (non-hydrogen) atoms. The Kier molecular flexibility index (Phi) is 3.98. The first-order chi connectivity index (χ1) is 9.47. The summed E-state index contributed by atoms with van der Waals surface area (Å²) in [7, 11) is 0. The summed E-state index contributed by atoms with van der Waals surface area (Å²) < 4.78 is 31.7. The molecule has 0 atom stereocenters. The summed E-state index contributed by atoms with van der Waals surface area (Å²) in [5, 5.41) is 8.83. The maximum absolute atomic E-state index is 13.2. The van der Waals surface area contributed by atoms with E-state index >= 15 is 0 Å². The number of rotatable bonds is 4. The molecule has 0 heterocycles. The second-order valence-corrected chi connectivity index (χ2v) is 4.32. The number of benzene rings is 2. The average Bonchev–Trinajstić information content (AvgIpc) is 2.41. The minimum atomic E-state index is -1.34. The van der Waals surface area contributed by atoms with Crippen molar-refractivity contribution >= 4 is 5.97 Å². The third-order valence-electron chi connectivity index (χ3n) is 2.81. The van der Waals surface area contributed by atoms with E-state index in [9.17, 15) is 13.6 Å². The fraction of sp³-hybridized carbons (Fsp3) is 0.133. The molecule has 0 fully saturated rings. The van der Waals surface area contributed by atoms with Crippen LogP contribution in [0.25, 0.3) is 0 Å². The lowest BCUT2D eigenvalue weighted by Gasteiger charge is -2.10. The standard InChI is InChI=1S/C15H12F2O3/c1-9-2-4-11(16)7-14(9)20-8-10-3-5-13(17)12(6-10)15(18)19/h2-7H,8H2,1H3,(H,18,19). The second kappa shape index (κ2) is 5.69. The molecule has 2 aromatic carbocycles. The van der Waals surface area contributed by atoms with Crippen LogP contribution in [0.4, 0.5) is 8.78 Å². The van der Waals surface area contributed by atoms with Crippen molar-refractivity contribution < 1.29 is 23.4 Å². The van der Waals surface area contributed by atoms with Crippen molar-refractivity contribution in [3.63, 3.8) is 0 Å². The van der Waals surface area contributed by atoms with Crippen LogP contribution in [-0.2, 0) is 6.61 Å². The van der Waals surface area contributed by atoms with Gasteiger partial charge in [-0.1, -0.05) is 12.1 Å². The Labute approximate surface area is 114 Å². The van der Waals surface area contributed by atoms with Crippen LogP contribution in [0.3, 0.4) is 0 Å². The van der Waals surface area contributed by atoms with Gasteiger partial charge in [-0.05, 0) is 36.2 Å². The lowest BCUT2D eigenvalue weighted by atomic mass is 10.1. The summed E-state index contributed by atoms with van der Waals surface area (Å²) >= 11 is 0. The van der Waals surface area contributed by atoms with Crippen LogP contribution in [0.5, 0.6) is 5.75 Å². The fourth-order valence-corrected chi connectivity index (χ4v) is 1.72. The zero-order valence-corrected chi connectivity index (χ0v) is 10.7. The van der Waals surface area contributed by atoms with E-state index in [4.69, 9.17) is 9.84 Å². The highest BCUT2D eigenvalue weighted by Gasteiger charge is 2.11. The van der Waals surface area contributed by atoms with E-state index < -0.39 is 23.2 Å². The molecule has 3 nitrogen and oxygen atoms in total. The van der Waals surface area contributed by atoms with E-state index in [1.807, 2.05) is 0 Å². The normalized spacial score (nSPS) is 10.3. The number of carboxylic acid groups (broad SMARTS) is 1. The van der Waals surface area contributed by atoms with Gasteiger partial charge in [0, 0.05) is 6.07 Å². The van der Waals surface area contributed by atoms with Crippen molar-refractivity contribution in [3.8, 4) is 5.75 Å². The summed E-state index contributed by atoms with van der Waals surface area (Å²) in [6.07, 6.45) is 0. The number of aryl methyl sites for hydroxylation is 1. The van der Waals surface area contributed by atoms with Crippen molar-refractivity contribution in [3.05, 3.63) is 64.7 Å². The Hall–Kier alpha value is -2.43. The number of hydrogen-bond acceptors (Lipinski definition) is 2. The maximum atomic E-state index is 13.2. The molecule has 0 saturated heterocycles. The number of ether oxygens (including phenoxy) is 1.